The van der Waals surface area contributed by atoms with Crippen LogP contribution in [0.1, 0.15) is 4.88 Å². The number of sulfonamides is 1. The van der Waals surface area contributed by atoms with Crippen molar-refractivity contribution in [1.82, 2.24) is 10.0 Å². The van der Waals surface area contributed by atoms with Gasteiger partial charge in [-0.1, -0.05) is 0 Å². The lowest BCUT2D eigenvalue weighted by Gasteiger charge is -2.06. The van der Waals surface area contributed by atoms with Crippen molar-refractivity contribution in [2.75, 3.05) is 25.6 Å². The smallest absolute Gasteiger partial charge is 0.241 e. The zero-order valence-electron chi connectivity index (χ0n) is 9.32. The Morgan fingerprint density at radius 3 is 2.88 bits per heavy atom. The maximum Gasteiger partial charge on any atom is 0.241 e. The molecule has 92 valence electrons. The highest BCUT2D eigenvalue weighted by Crippen LogP contribution is 2.21. The molecule has 2 N–H and O–H groups in total. The number of hydrogen-bond donors (Lipinski definition) is 2. The van der Waals surface area contributed by atoms with Crippen molar-refractivity contribution in [1.29, 1.82) is 0 Å². The minimum Gasteiger partial charge on any atom is -0.315 e. The Labute approximate surface area is 105 Å². The fourth-order valence-electron chi connectivity index (χ4n) is 1.21. The van der Waals surface area contributed by atoms with Crippen molar-refractivity contribution in [3.05, 3.63) is 16.3 Å². The first-order chi connectivity index (χ1) is 7.61. The SMILES string of the molecule is CNCc1sccc1S(=O)(=O)NCCSC. The molecule has 0 spiro atoms. The van der Waals surface area contributed by atoms with E-state index in [9.17, 15) is 8.42 Å². The zero-order chi connectivity index (χ0) is 12.0. The summed E-state index contributed by atoms with van der Waals surface area (Å²) in [6.07, 6.45) is 1.95. The van der Waals surface area contributed by atoms with Gasteiger partial charge in [0.25, 0.3) is 0 Å². The summed E-state index contributed by atoms with van der Waals surface area (Å²) in [6, 6.07) is 1.65. The quantitative estimate of drug-likeness (QED) is 0.735. The Morgan fingerprint density at radius 1 is 1.50 bits per heavy atom. The molecule has 0 aliphatic rings. The van der Waals surface area contributed by atoms with Crippen molar-refractivity contribution in [2.45, 2.75) is 11.4 Å². The number of thioether (sulfide) groups is 1. The molecular formula is C9H16N2O2S3. The van der Waals surface area contributed by atoms with Gasteiger partial charge in [0.2, 0.25) is 10.0 Å². The number of thiophene rings is 1. The van der Waals surface area contributed by atoms with Gasteiger partial charge in [0.15, 0.2) is 0 Å². The molecule has 16 heavy (non-hydrogen) atoms. The lowest BCUT2D eigenvalue weighted by molar-refractivity contribution is 0.583. The summed E-state index contributed by atoms with van der Waals surface area (Å²) >= 11 is 3.07. The Balaban J connectivity index is 2.77. The molecule has 0 aliphatic carbocycles. The average molecular weight is 280 g/mol. The minimum absolute atomic E-state index is 0.396. The monoisotopic (exact) mass is 280 g/mol. The third-order valence-electron chi connectivity index (χ3n) is 1.93. The third kappa shape index (κ3) is 3.74. The topological polar surface area (TPSA) is 58.2 Å². The maximum atomic E-state index is 11.9. The predicted molar refractivity (Wildman–Crippen MR) is 70.7 cm³/mol. The van der Waals surface area contributed by atoms with Crippen LogP contribution >= 0.6 is 23.1 Å². The van der Waals surface area contributed by atoms with Crippen molar-refractivity contribution in [3.63, 3.8) is 0 Å². The zero-order valence-corrected chi connectivity index (χ0v) is 11.8. The van der Waals surface area contributed by atoms with Crippen LogP contribution in [-0.2, 0) is 16.6 Å². The highest BCUT2D eigenvalue weighted by molar-refractivity contribution is 7.98. The summed E-state index contributed by atoms with van der Waals surface area (Å²) in [5, 5.41) is 4.77. The molecule has 0 bridgehead atoms. The van der Waals surface area contributed by atoms with Gasteiger partial charge in [0, 0.05) is 23.7 Å². The number of hydrogen-bond acceptors (Lipinski definition) is 5. The highest BCUT2D eigenvalue weighted by Gasteiger charge is 2.18. The molecule has 0 fully saturated rings. The average Bonchev–Trinajstić information content (AvgIpc) is 2.67. The molecule has 1 rings (SSSR count). The summed E-state index contributed by atoms with van der Waals surface area (Å²) in [5.41, 5.74) is 0. The van der Waals surface area contributed by atoms with Crippen LogP contribution in [0.25, 0.3) is 0 Å². The fraction of sp³-hybridized carbons (Fsp3) is 0.556. The number of nitrogens with one attached hydrogen (secondary N) is 2. The summed E-state index contributed by atoms with van der Waals surface area (Å²) in [7, 11) is -1.53. The largest absolute Gasteiger partial charge is 0.315 e. The van der Waals surface area contributed by atoms with Crippen LogP contribution in [-0.4, -0.2) is 34.0 Å². The van der Waals surface area contributed by atoms with Gasteiger partial charge in [-0.25, -0.2) is 13.1 Å². The Morgan fingerprint density at radius 2 is 2.25 bits per heavy atom. The molecule has 0 amide bonds. The second-order valence-corrected chi connectivity index (χ2v) is 6.85. The van der Waals surface area contributed by atoms with Gasteiger partial charge in [0.05, 0.1) is 4.90 Å². The van der Waals surface area contributed by atoms with Crippen molar-refractivity contribution >= 4 is 33.1 Å². The van der Waals surface area contributed by atoms with Gasteiger partial charge in [-0.15, -0.1) is 11.3 Å². The van der Waals surface area contributed by atoms with Crippen molar-refractivity contribution in [2.24, 2.45) is 0 Å². The van der Waals surface area contributed by atoms with Crippen LogP contribution in [0.15, 0.2) is 16.3 Å². The van der Waals surface area contributed by atoms with E-state index in [1.807, 2.05) is 6.26 Å². The molecule has 0 aliphatic heterocycles. The molecule has 1 aromatic rings. The van der Waals surface area contributed by atoms with Gasteiger partial charge >= 0.3 is 0 Å². The van der Waals surface area contributed by atoms with E-state index in [0.29, 0.717) is 18.0 Å². The highest BCUT2D eigenvalue weighted by atomic mass is 32.2. The van der Waals surface area contributed by atoms with Crippen LogP contribution in [0.3, 0.4) is 0 Å². The van der Waals surface area contributed by atoms with E-state index >= 15 is 0 Å². The van der Waals surface area contributed by atoms with Gasteiger partial charge in [-0.3, -0.25) is 0 Å². The van der Waals surface area contributed by atoms with Crippen LogP contribution in [0.2, 0.25) is 0 Å². The Kier molecular flexibility index (Phi) is 5.77. The van der Waals surface area contributed by atoms with Gasteiger partial charge in [0.1, 0.15) is 0 Å². The standard InChI is InChI=1S/C9H16N2O2S3/c1-10-7-8-9(3-5-15-8)16(12,13)11-4-6-14-2/h3,5,10-11H,4,6-7H2,1-2H3. The summed E-state index contributed by atoms with van der Waals surface area (Å²) in [6.45, 7) is 1.05. The van der Waals surface area contributed by atoms with E-state index in [1.54, 1.807) is 30.3 Å². The summed E-state index contributed by atoms with van der Waals surface area (Å²) < 4.78 is 26.4. The molecule has 0 aromatic carbocycles. The molecule has 0 saturated heterocycles. The van der Waals surface area contributed by atoms with Crippen LogP contribution in [0.4, 0.5) is 0 Å². The second-order valence-electron chi connectivity index (χ2n) is 3.13. The van der Waals surface area contributed by atoms with Crippen molar-refractivity contribution < 1.29 is 8.42 Å². The van der Waals surface area contributed by atoms with Crippen molar-refractivity contribution in [3.8, 4) is 0 Å². The molecule has 0 unspecified atom stereocenters. The predicted octanol–water partition coefficient (Wildman–Crippen LogP) is 1.11. The summed E-state index contributed by atoms with van der Waals surface area (Å²) in [5.74, 6) is 0.782. The van der Waals surface area contributed by atoms with Gasteiger partial charge in [-0.05, 0) is 24.7 Å². The minimum atomic E-state index is -3.33. The molecule has 4 nitrogen and oxygen atoms in total. The third-order valence-corrected chi connectivity index (χ3v) is 5.14. The summed E-state index contributed by atoms with van der Waals surface area (Å²) in [4.78, 5) is 1.24. The Hall–Kier alpha value is -0.0800. The van der Waals surface area contributed by atoms with E-state index in [2.05, 4.69) is 10.0 Å². The van der Waals surface area contributed by atoms with E-state index in [-0.39, 0.29) is 0 Å². The molecule has 0 radical (unpaired) electrons. The van der Waals surface area contributed by atoms with Crippen LogP contribution < -0.4 is 10.0 Å². The lowest BCUT2D eigenvalue weighted by atomic mass is 10.5. The fourth-order valence-corrected chi connectivity index (χ4v) is 4.13. The normalized spacial score (nSPS) is 11.9. The van der Waals surface area contributed by atoms with Crippen LogP contribution in [0.5, 0.6) is 0 Å². The van der Waals surface area contributed by atoms with E-state index in [4.69, 9.17) is 0 Å². The molecule has 1 aromatic heterocycles. The molecule has 7 heteroatoms. The van der Waals surface area contributed by atoms with Gasteiger partial charge < -0.3 is 5.32 Å². The van der Waals surface area contributed by atoms with Gasteiger partial charge in [-0.2, -0.15) is 11.8 Å². The first-order valence-electron chi connectivity index (χ1n) is 4.81. The maximum absolute atomic E-state index is 11.9. The first-order valence-corrected chi connectivity index (χ1v) is 8.57. The molecule has 0 atom stereocenters. The van der Waals surface area contributed by atoms with E-state index in [0.717, 1.165) is 10.6 Å². The second kappa shape index (κ2) is 6.61. The number of rotatable bonds is 7. The lowest BCUT2D eigenvalue weighted by Crippen LogP contribution is -2.26. The molecular weight excluding hydrogens is 264 g/mol. The van der Waals surface area contributed by atoms with E-state index in [1.165, 1.54) is 11.3 Å². The first kappa shape index (κ1) is 14.0. The van der Waals surface area contributed by atoms with Crippen LogP contribution in [0, 0.1) is 0 Å². The Bertz CT molecular complexity index is 414. The molecule has 0 saturated carbocycles. The van der Waals surface area contributed by atoms with E-state index < -0.39 is 10.0 Å². The molecule has 1 heterocycles.